The van der Waals surface area contributed by atoms with Gasteiger partial charge < -0.3 is 19.9 Å². The Labute approximate surface area is 200 Å². The normalized spacial score (nSPS) is 23.5. The van der Waals surface area contributed by atoms with Crippen molar-refractivity contribution in [2.24, 2.45) is 5.10 Å². The van der Waals surface area contributed by atoms with Crippen LogP contribution in [-0.2, 0) is 16.2 Å². The molecule has 0 spiro atoms. The van der Waals surface area contributed by atoms with Crippen molar-refractivity contribution in [2.75, 3.05) is 11.9 Å². The molecule has 1 saturated carbocycles. The van der Waals surface area contributed by atoms with E-state index < -0.39 is 6.17 Å². The van der Waals surface area contributed by atoms with E-state index in [2.05, 4.69) is 27.7 Å². The number of nitrogens with one attached hydrogen (secondary N) is 2. The molecule has 2 N–H and O–H groups in total. The minimum absolute atomic E-state index is 0.0358. The summed E-state index contributed by atoms with van der Waals surface area (Å²) >= 11 is 0. The fraction of sp³-hybridized carbons (Fsp3) is 0.423. The molecule has 2 aromatic rings. The molecule has 2 aromatic carbocycles. The van der Waals surface area contributed by atoms with E-state index in [4.69, 9.17) is 4.74 Å². The standard InChI is InChI=1S/C26H31N5O3/c1-2-23-28-29-25-26(33)30(21-10-6-7-11-22(21)31(23)25)16-24(32)27-19-12-14-20(15-13-19)34-17-18-8-4-3-5-9-18/h3-5,8-9,12-15,21-22,25,29H,2,6-7,10-11,16-17H2,1H3,(H,27,32). The average molecular weight is 462 g/mol. The van der Waals surface area contributed by atoms with Crippen molar-refractivity contribution in [3.8, 4) is 5.75 Å². The third-order valence-corrected chi connectivity index (χ3v) is 6.88. The number of ether oxygens (including phenoxy) is 1. The molecule has 178 valence electrons. The molecule has 3 atom stereocenters. The molecule has 2 amide bonds. The number of hydrogen-bond acceptors (Lipinski definition) is 6. The zero-order valence-corrected chi connectivity index (χ0v) is 19.4. The van der Waals surface area contributed by atoms with E-state index in [1.165, 1.54) is 0 Å². The zero-order chi connectivity index (χ0) is 23.5. The lowest BCUT2D eigenvalue weighted by Crippen LogP contribution is -2.69. The lowest BCUT2D eigenvalue weighted by atomic mass is 9.85. The lowest BCUT2D eigenvalue weighted by Gasteiger charge is -2.51. The molecule has 8 heteroatoms. The maximum absolute atomic E-state index is 13.3. The Morgan fingerprint density at radius 3 is 2.56 bits per heavy atom. The third kappa shape index (κ3) is 4.44. The van der Waals surface area contributed by atoms with Crippen LogP contribution in [0.2, 0.25) is 0 Å². The summed E-state index contributed by atoms with van der Waals surface area (Å²) in [4.78, 5) is 30.1. The van der Waals surface area contributed by atoms with Crippen LogP contribution in [0, 0.1) is 0 Å². The molecular formula is C26H31N5O3. The van der Waals surface area contributed by atoms with Gasteiger partial charge in [-0.2, -0.15) is 5.10 Å². The van der Waals surface area contributed by atoms with E-state index in [-0.39, 0.29) is 30.4 Å². The van der Waals surface area contributed by atoms with Crippen molar-refractivity contribution < 1.29 is 14.3 Å². The molecule has 3 aliphatic rings. The summed E-state index contributed by atoms with van der Waals surface area (Å²) in [6, 6.07) is 17.5. The number of carbonyl (C=O) groups excluding carboxylic acids is 2. The van der Waals surface area contributed by atoms with Gasteiger partial charge in [0.1, 0.15) is 24.7 Å². The summed E-state index contributed by atoms with van der Waals surface area (Å²) in [5, 5.41) is 7.33. The molecule has 5 rings (SSSR count). The molecule has 2 heterocycles. The molecular weight excluding hydrogens is 430 g/mol. The summed E-state index contributed by atoms with van der Waals surface area (Å²) in [5.74, 6) is 1.40. The first-order valence-electron chi connectivity index (χ1n) is 12.1. The van der Waals surface area contributed by atoms with Crippen molar-refractivity contribution in [1.82, 2.24) is 15.2 Å². The summed E-state index contributed by atoms with van der Waals surface area (Å²) in [6.45, 7) is 2.59. The number of amides is 2. The molecule has 2 aliphatic heterocycles. The van der Waals surface area contributed by atoms with E-state index in [1.807, 2.05) is 54.6 Å². The van der Waals surface area contributed by atoms with E-state index in [9.17, 15) is 9.59 Å². The van der Waals surface area contributed by atoms with Gasteiger partial charge in [0.2, 0.25) is 5.91 Å². The summed E-state index contributed by atoms with van der Waals surface area (Å²) in [7, 11) is 0. The predicted molar refractivity (Wildman–Crippen MR) is 130 cm³/mol. The van der Waals surface area contributed by atoms with Gasteiger partial charge in [-0.15, -0.1) is 0 Å². The third-order valence-electron chi connectivity index (χ3n) is 6.88. The van der Waals surface area contributed by atoms with Gasteiger partial charge >= 0.3 is 0 Å². The Hall–Kier alpha value is -3.55. The van der Waals surface area contributed by atoms with Crippen molar-refractivity contribution in [3.05, 3.63) is 60.2 Å². The zero-order valence-electron chi connectivity index (χ0n) is 19.4. The summed E-state index contributed by atoms with van der Waals surface area (Å²) in [5.41, 5.74) is 4.78. The average Bonchev–Trinajstić information content (AvgIpc) is 3.31. The number of nitrogens with zero attached hydrogens (tertiary/aromatic N) is 3. The van der Waals surface area contributed by atoms with Gasteiger partial charge in [0.25, 0.3) is 5.91 Å². The number of benzene rings is 2. The second-order valence-corrected chi connectivity index (χ2v) is 9.05. The molecule has 0 radical (unpaired) electrons. The number of piperazine rings is 1. The molecule has 0 aromatic heterocycles. The SMILES string of the molecule is CCC1=NNC2C(=O)N(CC(=O)Nc3ccc(OCc4ccccc4)cc3)C3CCCCC3N12. The van der Waals surface area contributed by atoms with Crippen LogP contribution in [0.25, 0.3) is 0 Å². The number of rotatable bonds is 7. The smallest absolute Gasteiger partial charge is 0.268 e. The van der Waals surface area contributed by atoms with Crippen LogP contribution < -0.4 is 15.5 Å². The minimum atomic E-state index is -0.497. The highest BCUT2D eigenvalue weighted by Gasteiger charge is 2.50. The van der Waals surface area contributed by atoms with Crippen LogP contribution in [0.3, 0.4) is 0 Å². The lowest BCUT2D eigenvalue weighted by molar-refractivity contribution is -0.151. The van der Waals surface area contributed by atoms with Gasteiger partial charge in [-0.25, -0.2) is 0 Å². The molecule has 8 nitrogen and oxygen atoms in total. The van der Waals surface area contributed by atoms with Crippen LogP contribution in [0.1, 0.15) is 44.6 Å². The van der Waals surface area contributed by atoms with Crippen molar-refractivity contribution in [1.29, 1.82) is 0 Å². The Morgan fingerprint density at radius 1 is 1.09 bits per heavy atom. The molecule has 1 saturated heterocycles. The molecule has 0 bridgehead atoms. The highest BCUT2D eigenvalue weighted by atomic mass is 16.5. The molecule has 1 aliphatic carbocycles. The Morgan fingerprint density at radius 2 is 1.82 bits per heavy atom. The van der Waals surface area contributed by atoms with E-state index in [0.29, 0.717) is 12.3 Å². The number of hydrazone groups is 1. The highest BCUT2D eigenvalue weighted by molar-refractivity contribution is 5.98. The van der Waals surface area contributed by atoms with Gasteiger partial charge in [-0.3, -0.25) is 15.0 Å². The van der Waals surface area contributed by atoms with Gasteiger partial charge in [0.15, 0.2) is 6.17 Å². The monoisotopic (exact) mass is 461 g/mol. The summed E-state index contributed by atoms with van der Waals surface area (Å²) in [6.07, 6.45) is 4.42. The Bertz CT molecular complexity index is 1060. The van der Waals surface area contributed by atoms with Gasteiger partial charge in [0, 0.05) is 12.1 Å². The second kappa shape index (κ2) is 9.75. The van der Waals surface area contributed by atoms with Crippen molar-refractivity contribution in [3.63, 3.8) is 0 Å². The summed E-state index contributed by atoms with van der Waals surface area (Å²) < 4.78 is 5.82. The number of anilines is 1. The molecule has 34 heavy (non-hydrogen) atoms. The van der Waals surface area contributed by atoms with Crippen molar-refractivity contribution in [2.45, 2.75) is 63.9 Å². The molecule has 2 fully saturated rings. The van der Waals surface area contributed by atoms with Gasteiger partial charge in [-0.1, -0.05) is 50.1 Å². The number of carbonyl (C=O) groups is 2. The first-order chi connectivity index (χ1) is 16.6. The van der Waals surface area contributed by atoms with E-state index >= 15 is 0 Å². The number of amidine groups is 1. The quantitative estimate of drug-likeness (QED) is 0.661. The Balaban J connectivity index is 1.20. The van der Waals surface area contributed by atoms with E-state index in [0.717, 1.165) is 49.3 Å². The van der Waals surface area contributed by atoms with Crippen molar-refractivity contribution >= 4 is 23.3 Å². The van der Waals surface area contributed by atoms with Crippen LogP contribution in [-0.4, -0.2) is 52.2 Å². The predicted octanol–water partition coefficient (Wildman–Crippen LogP) is 3.31. The first-order valence-corrected chi connectivity index (χ1v) is 12.1. The Kier molecular flexibility index (Phi) is 6.38. The molecule has 3 unspecified atom stereocenters. The maximum Gasteiger partial charge on any atom is 0.268 e. The van der Waals surface area contributed by atoms with Gasteiger partial charge in [-0.05, 0) is 42.7 Å². The van der Waals surface area contributed by atoms with Gasteiger partial charge in [0.05, 0.1) is 12.1 Å². The van der Waals surface area contributed by atoms with Crippen LogP contribution in [0.15, 0.2) is 59.7 Å². The fourth-order valence-corrected chi connectivity index (χ4v) is 5.25. The highest BCUT2D eigenvalue weighted by Crippen LogP contribution is 2.35. The number of fused-ring (bicyclic) bond motifs is 3. The topological polar surface area (TPSA) is 86.3 Å². The fourth-order valence-electron chi connectivity index (χ4n) is 5.25. The van der Waals surface area contributed by atoms with Crippen LogP contribution in [0.5, 0.6) is 5.75 Å². The maximum atomic E-state index is 13.3. The second-order valence-electron chi connectivity index (χ2n) is 9.05. The minimum Gasteiger partial charge on any atom is -0.489 e. The van der Waals surface area contributed by atoms with Crippen LogP contribution in [0.4, 0.5) is 5.69 Å². The first kappa shape index (κ1) is 22.3. The largest absolute Gasteiger partial charge is 0.489 e. The van der Waals surface area contributed by atoms with Crippen LogP contribution >= 0.6 is 0 Å². The van der Waals surface area contributed by atoms with E-state index in [1.54, 1.807) is 4.90 Å². The number of hydrogen-bond donors (Lipinski definition) is 2.